The Morgan fingerprint density at radius 3 is 1.92 bits per heavy atom. The first-order chi connectivity index (χ1) is 11.7. The molecule has 0 aliphatic rings. The van der Waals surface area contributed by atoms with Gasteiger partial charge in [0, 0.05) is 5.57 Å². The van der Waals surface area contributed by atoms with Crippen molar-refractivity contribution in [3.8, 4) is 0 Å². The van der Waals surface area contributed by atoms with E-state index in [1.165, 1.54) is 6.92 Å². The minimum Gasteiger partial charge on any atom is -0.462 e. The second-order valence-corrected chi connectivity index (χ2v) is 5.61. The number of carbonyl (C=O) groups is 1. The summed E-state index contributed by atoms with van der Waals surface area (Å²) in [7, 11) is 0. The number of unbranched alkanes of at least 4 members (excludes halogenated alkanes) is 3. The first-order valence-corrected chi connectivity index (χ1v) is 7.63. The monoisotopic (exact) mass is 400 g/mol. The van der Waals surface area contributed by atoms with Crippen LogP contribution in [0.1, 0.15) is 39.0 Å². The van der Waals surface area contributed by atoms with Gasteiger partial charge in [0.1, 0.15) is 0 Å². The van der Waals surface area contributed by atoms with Crippen LogP contribution in [0.5, 0.6) is 0 Å². The van der Waals surface area contributed by atoms with Gasteiger partial charge in [0.25, 0.3) is 0 Å². The molecule has 0 spiro atoms. The van der Waals surface area contributed by atoms with Gasteiger partial charge in [0.15, 0.2) is 6.17 Å². The van der Waals surface area contributed by atoms with Crippen LogP contribution in [0.4, 0.5) is 35.1 Å². The average Bonchev–Trinajstić information content (AvgIpc) is 2.47. The van der Waals surface area contributed by atoms with E-state index < -0.39 is 43.4 Å². The van der Waals surface area contributed by atoms with Gasteiger partial charge in [-0.2, -0.15) is 30.7 Å². The standard InChI is InChI=1S/C15H20F8O3/c1-10(2)12(24)25-7-5-3-4-6-8-26-15(22,23)14(20,21)11(16)9-13(17,18)19/h11H,1,3-9H2,2H3. The molecular formula is C15H20F8O3. The molecule has 26 heavy (non-hydrogen) atoms. The lowest BCUT2D eigenvalue weighted by molar-refractivity contribution is -0.366. The summed E-state index contributed by atoms with van der Waals surface area (Å²) in [5, 5.41) is 0. The van der Waals surface area contributed by atoms with Crippen LogP contribution in [0.2, 0.25) is 0 Å². The van der Waals surface area contributed by atoms with E-state index in [1.807, 2.05) is 0 Å². The molecule has 0 saturated carbocycles. The molecule has 3 nitrogen and oxygen atoms in total. The number of esters is 1. The van der Waals surface area contributed by atoms with Gasteiger partial charge in [-0.1, -0.05) is 13.0 Å². The van der Waals surface area contributed by atoms with Crippen molar-refractivity contribution >= 4 is 5.97 Å². The number of hydrogen-bond donors (Lipinski definition) is 0. The van der Waals surface area contributed by atoms with Gasteiger partial charge in [-0.15, -0.1) is 0 Å². The summed E-state index contributed by atoms with van der Waals surface area (Å²) in [5.74, 6) is -6.20. The van der Waals surface area contributed by atoms with E-state index in [0.29, 0.717) is 12.8 Å². The summed E-state index contributed by atoms with van der Waals surface area (Å²) in [6.07, 6.45) is -16.6. The molecule has 0 aromatic rings. The summed E-state index contributed by atoms with van der Waals surface area (Å²) < 4.78 is 110. The van der Waals surface area contributed by atoms with Crippen LogP contribution in [0.3, 0.4) is 0 Å². The summed E-state index contributed by atoms with van der Waals surface area (Å²) in [6.45, 7) is 3.97. The molecule has 0 aromatic heterocycles. The number of rotatable bonds is 12. The van der Waals surface area contributed by atoms with Crippen molar-refractivity contribution in [2.24, 2.45) is 0 Å². The van der Waals surface area contributed by atoms with Crippen molar-refractivity contribution in [3.05, 3.63) is 12.2 Å². The van der Waals surface area contributed by atoms with Crippen LogP contribution < -0.4 is 0 Å². The Hall–Kier alpha value is -1.39. The SMILES string of the molecule is C=C(C)C(=O)OCCCCCCOC(F)(F)C(F)(F)C(F)CC(F)(F)F. The number of halogens is 8. The predicted molar refractivity (Wildman–Crippen MR) is 75.7 cm³/mol. The van der Waals surface area contributed by atoms with Gasteiger partial charge in [0.2, 0.25) is 0 Å². The maximum absolute atomic E-state index is 13.2. The van der Waals surface area contributed by atoms with Crippen LogP contribution in [0.25, 0.3) is 0 Å². The lowest BCUT2D eigenvalue weighted by Crippen LogP contribution is -2.51. The van der Waals surface area contributed by atoms with E-state index in [-0.39, 0.29) is 25.0 Å². The van der Waals surface area contributed by atoms with Crippen molar-refractivity contribution in [1.82, 2.24) is 0 Å². The molecule has 0 amide bonds. The molecule has 1 atom stereocenters. The van der Waals surface area contributed by atoms with Crippen LogP contribution in [-0.4, -0.2) is 43.6 Å². The Morgan fingerprint density at radius 1 is 0.962 bits per heavy atom. The quantitative estimate of drug-likeness (QED) is 0.196. The Morgan fingerprint density at radius 2 is 1.46 bits per heavy atom. The zero-order valence-electron chi connectivity index (χ0n) is 14.0. The Balaban J connectivity index is 4.13. The lowest BCUT2D eigenvalue weighted by Gasteiger charge is -2.29. The molecule has 0 aromatic carbocycles. The van der Waals surface area contributed by atoms with Crippen molar-refractivity contribution in [2.75, 3.05) is 13.2 Å². The average molecular weight is 400 g/mol. The number of ether oxygens (including phenoxy) is 2. The zero-order chi connectivity index (χ0) is 20.6. The molecule has 0 radical (unpaired) electrons. The molecule has 0 N–H and O–H groups in total. The Kier molecular flexibility index (Phi) is 9.54. The summed E-state index contributed by atoms with van der Waals surface area (Å²) >= 11 is 0. The normalized spacial score (nSPS) is 14.2. The van der Waals surface area contributed by atoms with Crippen molar-refractivity contribution in [1.29, 1.82) is 0 Å². The Labute approximate surface area is 145 Å². The second-order valence-electron chi connectivity index (χ2n) is 5.61. The highest BCUT2D eigenvalue weighted by atomic mass is 19.4. The largest absolute Gasteiger partial charge is 0.462 e. The highest BCUT2D eigenvalue weighted by Crippen LogP contribution is 2.42. The number of alkyl halides is 8. The fourth-order valence-corrected chi connectivity index (χ4v) is 1.66. The first-order valence-electron chi connectivity index (χ1n) is 7.63. The molecule has 0 fully saturated rings. The summed E-state index contributed by atoms with van der Waals surface area (Å²) in [5.41, 5.74) is 0.207. The maximum Gasteiger partial charge on any atom is 0.422 e. The van der Waals surface area contributed by atoms with Crippen LogP contribution in [-0.2, 0) is 14.3 Å². The molecule has 1 unspecified atom stereocenters. The molecule has 0 heterocycles. The molecule has 154 valence electrons. The number of carbonyl (C=O) groups excluding carboxylic acids is 1. The fourth-order valence-electron chi connectivity index (χ4n) is 1.66. The van der Waals surface area contributed by atoms with E-state index in [2.05, 4.69) is 11.3 Å². The predicted octanol–water partition coefficient (Wildman–Crippen LogP) is 5.20. The van der Waals surface area contributed by atoms with Gasteiger partial charge in [-0.05, 0) is 26.2 Å². The molecule has 0 saturated heterocycles. The fraction of sp³-hybridized carbons (Fsp3) is 0.800. The van der Waals surface area contributed by atoms with Crippen LogP contribution in [0.15, 0.2) is 12.2 Å². The third-order valence-electron chi connectivity index (χ3n) is 3.10. The van der Waals surface area contributed by atoms with E-state index >= 15 is 0 Å². The lowest BCUT2D eigenvalue weighted by atomic mass is 10.1. The highest BCUT2D eigenvalue weighted by molar-refractivity contribution is 5.86. The zero-order valence-corrected chi connectivity index (χ0v) is 14.0. The van der Waals surface area contributed by atoms with E-state index in [0.717, 1.165) is 0 Å². The molecule has 0 bridgehead atoms. The van der Waals surface area contributed by atoms with Crippen LogP contribution >= 0.6 is 0 Å². The third-order valence-corrected chi connectivity index (χ3v) is 3.10. The third kappa shape index (κ3) is 8.81. The smallest absolute Gasteiger partial charge is 0.422 e. The molecular weight excluding hydrogens is 380 g/mol. The molecule has 11 heteroatoms. The van der Waals surface area contributed by atoms with Crippen molar-refractivity contribution in [3.63, 3.8) is 0 Å². The Bertz CT molecular complexity index is 462. The minimum atomic E-state index is -5.61. The maximum atomic E-state index is 13.2. The summed E-state index contributed by atoms with van der Waals surface area (Å²) in [6, 6.07) is 0. The van der Waals surface area contributed by atoms with E-state index in [4.69, 9.17) is 4.74 Å². The van der Waals surface area contributed by atoms with E-state index in [9.17, 15) is 39.9 Å². The topological polar surface area (TPSA) is 35.5 Å². The van der Waals surface area contributed by atoms with E-state index in [1.54, 1.807) is 0 Å². The molecule has 0 aliphatic heterocycles. The highest BCUT2D eigenvalue weighted by Gasteiger charge is 2.65. The van der Waals surface area contributed by atoms with Crippen LogP contribution in [0, 0.1) is 0 Å². The second kappa shape index (κ2) is 10.1. The van der Waals surface area contributed by atoms with Gasteiger partial charge in [-0.3, -0.25) is 0 Å². The van der Waals surface area contributed by atoms with Gasteiger partial charge in [-0.25, -0.2) is 9.18 Å². The van der Waals surface area contributed by atoms with Gasteiger partial charge in [0.05, 0.1) is 19.6 Å². The number of hydrogen-bond acceptors (Lipinski definition) is 3. The van der Waals surface area contributed by atoms with Gasteiger partial charge >= 0.3 is 24.2 Å². The first kappa shape index (κ1) is 24.6. The summed E-state index contributed by atoms with van der Waals surface area (Å²) in [4.78, 5) is 11.0. The van der Waals surface area contributed by atoms with Crippen molar-refractivity contribution in [2.45, 2.75) is 63.4 Å². The molecule has 0 aliphatic carbocycles. The van der Waals surface area contributed by atoms with Crippen molar-refractivity contribution < 1.29 is 49.4 Å². The van der Waals surface area contributed by atoms with Gasteiger partial charge < -0.3 is 9.47 Å². The molecule has 0 rings (SSSR count). The minimum absolute atomic E-state index is 0.0573.